The van der Waals surface area contributed by atoms with Gasteiger partial charge in [-0.05, 0) is 80.5 Å². The second-order valence-electron chi connectivity index (χ2n) is 15.6. The van der Waals surface area contributed by atoms with Crippen molar-refractivity contribution in [3.8, 4) is 22.6 Å². The first-order valence-corrected chi connectivity index (χ1v) is 17.6. The third kappa shape index (κ3) is 6.05. The predicted molar refractivity (Wildman–Crippen MR) is 202 cm³/mol. The number of hydrogen-bond acceptors (Lipinski definition) is 5. The van der Waals surface area contributed by atoms with E-state index in [1.165, 1.54) is 5.56 Å². The number of rotatable bonds is 7. The minimum absolute atomic E-state index is 0.125. The van der Waals surface area contributed by atoms with Crippen LogP contribution in [0.2, 0.25) is 0 Å². The summed E-state index contributed by atoms with van der Waals surface area (Å²) in [5.74, 6) is 0.0842. The van der Waals surface area contributed by atoms with Gasteiger partial charge in [-0.25, -0.2) is 4.98 Å². The van der Waals surface area contributed by atoms with Gasteiger partial charge in [-0.1, -0.05) is 126 Å². The van der Waals surface area contributed by atoms with E-state index in [1.54, 1.807) is 0 Å². The van der Waals surface area contributed by atoms with Crippen LogP contribution in [0.3, 0.4) is 0 Å². The highest BCUT2D eigenvalue weighted by Gasteiger charge is 2.43. The number of benzene rings is 5. The number of aromatic nitrogens is 1. The average Bonchev–Trinajstić information content (AvgIpc) is 3.33. The number of carbonyl (C=O) groups excluding carboxylic acids is 1. The fraction of sp³-hybridized carbons (Fsp3) is 0.289. The van der Waals surface area contributed by atoms with Crippen molar-refractivity contribution in [2.24, 2.45) is 0 Å². The Morgan fingerprint density at radius 2 is 1.40 bits per heavy atom. The number of aryl methyl sites for hydroxylation is 1. The number of fused-ring (bicyclic) bond motifs is 3. The van der Waals surface area contributed by atoms with Gasteiger partial charge in [-0.3, -0.25) is 4.79 Å². The van der Waals surface area contributed by atoms with Crippen LogP contribution in [0.4, 0.5) is 0 Å². The summed E-state index contributed by atoms with van der Waals surface area (Å²) in [7, 11) is 0. The molecule has 0 amide bonds. The Morgan fingerprint density at radius 1 is 0.740 bits per heavy atom. The lowest BCUT2D eigenvalue weighted by Crippen LogP contribution is -2.18. The lowest BCUT2D eigenvalue weighted by molar-refractivity contribution is 0.0868. The first-order chi connectivity index (χ1) is 23.8. The van der Waals surface area contributed by atoms with Gasteiger partial charge in [0.2, 0.25) is 0 Å². The van der Waals surface area contributed by atoms with Crippen LogP contribution in [-0.4, -0.2) is 27.6 Å². The Labute approximate surface area is 294 Å². The number of aromatic hydroxyl groups is 1. The lowest BCUT2D eigenvalue weighted by Gasteiger charge is -2.28. The molecule has 2 atom stereocenters. The zero-order valence-corrected chi connectivity index (χ0v) is 29.7. The lowest BCUT2D eigenvalue weighted by atomic mass is 9.78. The molecule has 0 aliphatic heterocycles. The summed E-state index contributed by atoms with van der Waals surface area (Å²) in [6.45, 7) is 13.3. The maximum Gasteiger partial charge on any atom is 0.175 e. The standard InChI is InChI=1S/C45H45NO4/c1-44(2,3)33-24-27(25-34(42(33)48)45(4,5)6)14-13-23-50-36-20-12-18-29-21-22-35(46-40(29)36)39-41(47)32-26-30-17-10-11-19-31(30)37(38(32)43(39)49)28-15-8-7-9-16-28/h7-12,15-22,24-26,39,41,47-48H,13-14,23H2,1-6H3. The fourth-order valence-electron chi connectivity index (χ4n) is 7.41. The molecule has 0 radical (unpaired) electrons. The molecule has 0 fully saturated rings. The Hall–Kier alpha value is -5.00. The molecule has 0 saturated heterocycles. The molecule has 1 aliphatic carbocycles. The number of hydrogen-bond donors (Lipinski definition) is 2. The van der Waals surface area contributed by atoms with Crippen molar-refractivity contribution in [2.45, 2.75) is 77.2 Å². The second-order valence-corrected chi connectivity index (χ2v) is 15.6. The highest BCUT2D eigenvalue weighted by molar-refractivity contribution is 6.16. The van der Waals surface area contributed by atoms with E-state index in [-0.39, 0.29) is 16.6 Å². The van der Waals surface area contributed by atoms with Crippen LogP contribution in [0.5, 0.6) is 11.5 Å². The zero-order valence-electron chi connectivity index (χ0n) is 29.7. The van der Waals surface area contributed by atoms with Crippen LogP contribution in [0.1, 0.15) is 98.3 Å². The Morgan fingerprint density at radius 3 is 2.10 bits per heavy atom. The predicted octanol–water partition coefficient (Wildman–Crippen LogP) is 10.4. The number of ketones is 1. The molecule has 1 aromatic heterocycles. The van der Waals surface area contributed by atoms with Gasteiger partial charge in [0.15, 0.2) is 5.78 Å². The fourth-order valence-corrected chi connectivity index (χ4v) is 7.41. The molecule has 5 heteroatoms. The van der Waals surface area contributed by atoms with Gasteiger partial charge >= 0.3 is 0 Å². The quantitative estimate of drug-likeness (QED) is 0.166. The average molecular weight is 664 g/mol. The van der Waals surface area contributed by atoms with Gasteiger partial charge in [-0.2, -0.15) is 0 Å². The van der Waals surface area contributed by atoms with Crippen LogP contribution < -0.4 is 4.74 Å². The van der Waals surface area contributed by atoms with Crippen molar-refractivity contribution in [1.29, 1.82) is 0 Å². The van der Waals surface area contributed by atoms with Gasteiger partial charge in [0.05, 0.1) is 24.3 Å². The van der Waals surface area contributed by atoms with E-state index in [1.807, 2.05) is 91.0 Å². The molecule has 1 heterocycles. The summed E-state index contributed by atoms with van der Waals surface area (Å²) in [5, 5.41) is 25.8. The van der Waals surface area contributed by atoms with Gasteiger partial charge in [0.1, 0.15) is 17.0 Å². The highest BCUT2D eigenvalue weighted by atomic mass is 16.5. The van der Waals surface area contributed by atoms with Crippen LogP contribution in [0.25, 0.3) is 32.8 Å². The van der Waals surface area contributed by atoms with Gasteiger partial charge < -0.3 is 14.9 Å². The number of para-hydroxylation sites is 1. The number of aliphatic hydroxyl groups is 1. The molecule has 7 rings (SSSR count). The number of phenolic OH excluding ortho intramolecular Hbond substituents is 1. The van der Waals surface area contributed by atoms with E-state index < -0.39 is 12.0 Å². The van der Waals surface area contributed by atoms with Gasteiger partial charge in [0.25, 0.3) is 0 Å². The molecule has 6 aromatic rings. The van der Waals surface area contributed by atoms with Crippen LogP contribution in [-0.2, 0) is 17.3 Å². The molecular weight excluding hydrogens is 618 g/mol. The van der Waals surface area contributed by atoms with E-state index in [0.717, 1.165) is 51.3 Å². The van der Waals surface area contributed by atoms with E-state index in [9.17, 15) is 15.0 Å². The Balaban J connectivity index is 1.17. The number of nitrogens with zero attached hydrogens (tertiary/aromatic N) is 1. The second kappa shape index (κ2) is 12.7. The topological polar surface area (TPSA) is 79.7 Å². The normalized spacial score (nSPS) is 16.3. The maximum atomic E-state index is 14.4. The summed E-state index contributed by atoms with van der Waals surface area (Å²) in [5.41, 5.74) is 6.93. The van der Waals surface area contributed by atoms with Gasteiger partial charge in [0, 0.05) is 16.5 Å². The minimum Gasteiger partial charge on any atom is -0.507 e. The van der Waals surface area contributed by atoms with Crippen molar-refractivity contribution < 1.29 is 19.7 Å². The summed E-state index contributed by atoms with van der Waals surface area (Å²) in [6.07, 6.45) is 0.553. The largest absolute Gasteiger partial charge is 0.507 e. The zero-order chi connectivity index (χ0) is 35.4. The number of phenols is 1. The molecule has 2 unspecified atom stereocenters. The minimum atomic E-state index is -1.02. The molecule has 5 aromatic carbocycles. The molecule has 0 spiro atoms. The summed E-state index contributed by atoms with van der Waals surface area (Å²) >= 11 is 0. The molecule has 50 heavy (non-hydrogen) atoms. The molecule has 0 bridgehead atoms. The number of carbonyl (C=O) groups is 1. The first-order valence-electron chi connectivity index (χ1n) is 17.6. The molecule has 1 aliphatic rings. The number of ether oxygens (including phenoxy) is 1. The van der Waals surface area contributed by atoms with Crippen molar-refractivity contribution in [3.05, 3.63) is 137 Å². The van der Waals surface area contributed by atoms with Crippen molar-refractivity contribution in [2.75, 3.05) is 6.61 Å². The van der Waals surface area contributed by atoms with Crippen LogP contribution in [0.15, 0.2) is 103 Å². The highest BCUT2D eigenvalue weighted by Crippen LogP contribution is 2.48. The monoisotopic (exact) mass is 663 g/mol. The van der Waals surface area contributed by atoms with Crippen molar-refractivity contribution in [3.63, 3.8) is 0 Å². The molecule has 0 saturated carbocycles. The SMILES string of the molecule is CC(C)(C)c1cc(CCCOc2cccc3ccc(C4C(=O)c5c(cc6ccccc6c5-c5ccccc5)C4O)nc23)cc(C(C)(C)C)c1O. The molecule has 2 N–H and O–H groups in total. The third-order valence-corrected chi connectivity index (χ3v) is 9.98. The molecule has 5 nitrogen and oxygen atoms in total. The smallest absolute Gasteiger partial charge is 0.175 e. The summed E-state index contributed by atoms with van der Waals surface area (Å²) < 4.78 is 6.36. The first kappa shape index (κ1) is 33.5. The summed E-state index contributed by atoms with van der Waals surface area (Å²) in [4.78, 5) is 19.4. The molecule has 254 valence electrons. The number of aliphatic hydroxyl groups excluding tert-OH is 1. The summed E-state index contributed by atoms with van der Waals surface area (Å²) in [6, 6.07) is 33.9. The number of pyridine rings is 1. The Kier molecular flexibility index (Phi) is 8.52. The van der Waals surface area contributed by atoms with Crippen molar-refractivity contribution >= 4 is 27.5 Å². The maximum absolute atomic E-state index is 14.4. The van der Waals surface area contributed by atoms with E-state index >= 15 is 0 Å². The van der Waals surface area contributed by atoms with Gasteiger partial charge in [-0.15, -0.1) is 0 Å². The van der Waals surface area contributed by atoms with Crippen molar-refractivity contribution in [1.82, 2.24) is 4.98 Å². The van der Waals surface area contributed by atoms with E-state index in [0.29, 0.717) is 40.4 Å². The number of Topliss-reactive ketones (excluding diaryl/α,β-unsaturated/α-hetero) is 1. The van der Waals surface area contributed by atoms with Crippen LogP contribution in [0, 0.1) is 0 Å². The molecular formula is C45H45NO4. The third-order valence-electron chi connectivity index (χ3n) is 9.98. The van der Waals surface area contributed by atoms with E-state index in [2.05, 4.69) is 53.7 Å². The Bertz CT molecular complexity index is 2210. The van der Waals surface area contributed by atoms with Crippen LogP contribution >= 0.6 is 0 Å². The van der Waals surface area contributed by atoms with E-state index in [4.69, 9.17) is 9.72 Å².